The van der Waals surface area contributed by atoms with Crippen molar-refractivity contribution >= 4 is 62.5 Å². The molecule has 62 heavy (non-hydrogen) atoms. The van der Waals surface area contributed by atoms with Crippen LogP contribution >= 0.6 is 23.2 Å². The molecule has 3 aromatic carbocycles. The summed E-state index contributed by atoms with van der Waals surface area (Å²) in [6.07, 6.45) is 5.07. The maximum Gasteiger partial charge on any atom is 0.275 e. The van der Waals surface area contributed by atoms with Crippen molar-refractivity contribution in [2.24, 2.45) is 14.1 Å². The number of likely N-dealkylation sites (N-methyl/N-ethyl adjacent to an activating group) is 1. The van der Waals surface area contributed by atoms with Gasteiger partial charge in [0.2, 0.25) is 5.91 Å². The molecule has 0 aliphatic carbocycles. The Morgan fingerprint density at radius 2 is 1.66 bits per heavy atom. The van der Waals surface area contributed by atoms with Crippen molar-refractivity contribution < 1.29 is 14.3 Å². The molecular formula is C47H52Cl2N10O3. The third-order valence-electron chi connectivity index (χ3n) is 12.8. The first-order chi connectivity index (χ1) is 29.7. The third kappa shape index (κ3) is 7.23. The summed E-state index contributed by atoms with van der Waals surface area (Å²) >= 11 is 13.7. The van der Waals surface area contributed by atoms with Gasteiger partial charge in [0, 0.05) is 104 Å². The van der Waals surface area contributed by atoms with Crippen molar-refractivity contribution in [3.05, 3.63) is 98.8 Å². The summed E-state index contributed by atoms with van der Waals surface area (Å²) in [4.78, 5) is 38.7. The summed E-state index contributed by atoms with van der Waals surface area (Å²) in [5, 5.41) is 12.7. The Labute approximate surface area is 371 Å². The number of ether oxygens (including phenoxy) is 1. The first kappa shape index (κ1) is 41.7. The van der Waals surface area contributed by atoms with Gasteiger partial charge in [0.05, 0.1) is 40.6 Å². The SMILES string of the molecule is Cc1cc(OCCCc2c3n(c4c(-c5c(C)nn(C)c5C)c(Cl)ccc24)[C@H](C)CN(c2cn(CCN4CCN(C)C(=O)C4)c4ccc(-c5ncn(C)n5)cc24)C3=O)cc(C)c1Cl. The van der Waals surface area contributed by atoms with E-state index >= 15 is 4.79 Å². The van der Waals surface area contributed by atoms with E-state index in [0.29, 0.717) is 68.7 Å². The fourth-order valence-corrected chi connectivity index (χ4v) is 9.83. The lowest BCUT2D eigenvalue weighted by Crippen LogP contribution is -2.49. The van der Waals surface area contributed by atoms with Crippen LogP contribution < -0.4 is 9.64 Å². The highest BCUT2D eigenvalue weighted by atomic mass is 35.5. The maximum atomic E-state index is 15.6. The van der Waals surface area contributed by atoms with Crippen LogP contribution in [0.25, 0.3) is 44.3 Å². The summed E-state index contributed by atoms with van der Waals surface area (Å²) in [5.74, 6) is 1.43. The first-order valence-electron chi connectivity index (χ1n) is 21.2. The zero-order chi connectivity index (χ0) is 43.7. The molecule has 0 bridgehead atoms. The highest BCUT2D eigenvalue weighted by Gasteiger charge is 2.38. The number of benzene rings is 3. The van der Waals surface area contributed by atoms with Crippen molar-refractivity contribution in [2.75, 3.05) is 51.3 Å². The number of aromatic nitrogens is 7. The lowest BCUT2D eigenvalue weighted by Gasteiger charge is -2.34. The molecule has 2 amide bonds. The van der Waals surface area contributed by atoms with Gasteiger partial charge in [-0.3, -0.25) is 23.9 Å². The quantitative estimate of drug-likeness (QED) is 0.120. The zero-order valence-corrected chi connectivity index (χ0v) is 38.1. The van der Waals surface area contributed by atoms with Gasteiger partial charge in [-0.2, -0.15) is 10.2 Å². The van der Waals surface area contributed by atoms with E-state index in [1.54, 1.807) is 15.9 Å². The molecule has 0 N–H and O–H groups in total. The number of fused-ring (bicyclic) bond motifs is 4. The normalized spacial score (nSPS) is 16.1. The van der Waals surface area contributed by atoms with Crippen molar-refractivity contribution in [3.63, 3.8) is 0 Å². The van der Waals surface area contributed by atoms with E-state index in [2.05, 4.69) is 62.4 Å². The fourth-order valence-electron chi connectivity index (χ4n) is 9.47. The van der Waals surface area contributed by atoms with E-state index in [1.165, 1.54) is 0 Å². The molecule has 0 spiro atoms. The van der Waals surface area contributed by atoms with Crippen molar-refractivity contribution in [2.45, 2.75) is 60.0 Å². The average molecular weight is 876 g/mol. The highest BCUT2D eigenvalue weighted by molar-refractivity contribution is 6.35. The number of nitrogens with zero attached hydrogens (tertiary/aromatic N) is 10. The van der Waals surface area contributed by atoms with Crippen molar-refractivity contribution in [1.29, 1.82) is 0 Å². The smallest absolute Gasteiger partial charge is 0.275 e. The predicted molar refractivity (Wildman–Crippen MR) is 246 cm³/mol. The molecule has 1 atom stereocenters. The van der Waals surface area contributed by atoms with Gasteiger partial charge in [-0.25, -0.2) is 4.98 Å². The van der Waals surface area contributed by atoms with Gasteiger partial charge < -0.3 is 23.7 Å². The molecule has 15 heteroatoms. The topological polar surface area (TPSA) is 111 Å². The molecular weight excluding hydrogens is 823 g/mol. The first-order valence-corrected chi connectivity index (χ1v) is 22.0. The van der Waals surface area contributed by atoms with Crippen LogP contribution in [-0.4, -0.2) is 102 Å². The van der Waals surface area contributed by atoms with Crippen molar-refractivity contribution in [1.82, 2.24) is 43.5 Å². The van der Waals surface area contributed by atoms with Crippen molar-refractivity contribution in [3.8, 4) is 28.3 Å². The average Bonchev–Trinajstić information content (AvgIpc) is 3.99. The van der Waals surface area contributed by atoms with Crippen LogP contribution in [0, 0.1) is 27.7 Å². The van der Waals surface area contributed by atoms with E-state index < -0.39 is 0 Å². The lowest BCUT2D eigenvalue weighted by molar-refractivity contribution is -0.134. The van der Waals surface area contributed by atoms with Gasteiger partial charge in [-0.1, -0.05) is 29.3 Å². The number of amides is 2. The van der Waals surface area contributed by atoms with Gasteiger partial charge in [-0.15, -0.1) is 0 Å². The molecule has 6 heterocycles. The van der Waals surface area contributed by atoms with Gasteiger partial charge >= 0.3 is 0 Å². The number of piperazine rings is 1. The Balaban J connectivity index is 1.15. The minimum absolute atomic E-state index is 0.0778. The molecule has 13 nitrogen and oxygen atoms in total. The van der Waals surface area contributed by atoms with Crippen LogP contribution in [0.5, 0.6) is 5.75 Å². The van der Waals surface area contributed by atoms with Crippen LogP contribution in [-0.2, 0) is 31.9 Å². The molecule has 4 aromatic heterocycles. The Bertz CT molecular complexity index is 2900. The molecule has 322 valence electrons. The van der Waals surface area contributed by atoms with Crippen LogP contribution in [0.4, 0.5) is 5.69 Å². The molecule has 2 aliphatic heterocycles. The Kier molecular flexibility index (Phi) is 10.9. The second-order valence-electron chi connectivity index (χ2n) is 17.0. The van der Waals surface area contributed by atoms with Gasteiger partial charge in [0.1, 0.15) is 17.8 Å². The van der Waals surface area contributed by atoms with E-state index in [-0.39, 0.29) is 17.9 Å². The van der Waals surface area contributed by atoms with Gasteiger partial charge in [0.25, 0.3) is 5.91 Å². The Morgan fingerprint density at radius 3 is 2.35 bits per heavy atom. The lowest BCUT2D eigenvalue weighted by atomic mass is 9.98. The highest BCUT2D eigenvalue weighted by Crippen LogP contribution is 2.46. The van der Waals surface area contributed by atoms with E-state index in [9.17, 15) is 4.79 Å². The largest absolute Gasteiger partial charge is 0.494 e. The van der Waals surface area contributed by atoms with Gasteiger partial charge in [-0.05, 0) is 101 Å². The number of aryl methyl sites for hydroxylation is 6. The molecule has 9 rings (SSSR count). The number of carbonyl (C=O) groups is 2. The number of rotatable bonds is 11. The second kappa shape index (κ2) is 16.2. The number of halogens is 2. The second-order valence-corrected chi connectivity index (χ2v) is 17.8. The van der Waals surface area contributed by atoms with Crippen LogP contribution in [0.1, 0.15) is 58.0 Å². The standard InChI is InChI=1S/C47H52Cl2N10O3/c1-27-20-33(21-28(2)43(27)49)62-19-9-10-34-35-12-13-37(48)42(41-30(4)51-55(8)31(41)5)44(35)59-29(3)23-58(47(61)45(34)59)39-24-57(18-17-56-16-15-53(6)40(60)25-56)38-14-11-32(22-36(38)39)46-50-26-54(7)52-46/h11-14,20-22,24,26,29H,9-10,15-19,23,25H2,1-8H3/t29-/m1/s1. The van der Waals surface area contributed by atoms with E-state index in [4.69, 9.17) is 33.0 Å². The molecule has 2 aliphatic rings. The van der Waals surface area contributed by atoms with Crippen LogP contribution in [0.15, 0.2) is 55.0 Å². The predicted octanol–water partition coefficient (Wildman–Crippen LogP) is 8.34. The summed E-state index contributed by atoms with van der Waals surface area (Å²) in [5.41, 5.74) is 10.9. The molecule has 1 fully saturated rings. The summed E-state index contributed by atoms with van der Waals surface area (Å²) in [6.45, 7) is 14.4. The molecule has 0 unspecified atom stereocenters. The summed E-state index contributed by atoms with van der Waals surface area (Å²) < 4.78 is 14.3. The number of carbonyl (C=O) groups excluding carboxylic acids is 2. The van der Waals surface area contributed by atoms with E-state index in [0.717, 1.165) is 89.6 Å². The van der Waals surface area contributed by atoms with Crippen LogP contribution in [0.2, 0.25) is 10.0 Å². The third-order valence-corrected chi connectivity index (χ3v) is 13.7. The zero-order valence-electron chi connectivity index (χ0n) is 36.6. The minimum atomic E-state index is -0.125. The molecule has 1 saturated heterocycles. The van der Waals surface area contributed by atoms with Crippen LogP contribution in [0.3, 0.4) is 0 Å². The Hall–Kier alpha value is -5.63. The number of hydrogen-bond donors (Lipinski definition) is 0. The minimum Gasteiger partial charge on any atom is -0.494 e. The maximum absolute atomic E-state index is 15.6. The summed E-state index contributed by atoms with van der Waals surface area (Å²) in [7, 11) is 5.66. The monoisotopic (exact) mass is 874 g/mol. The molecule has 0 radical (unpaired) electrons. The number of anilines is 1. The van der Waals surface area contributed by atoms with Gasteiger partial charge in [0.15, 0.2) is 5.82 Å². The Morgan fingerprint density at radius 1 is 0.887 bits per heavy atom. The fraction of sp³-hybridized carbons (Fsp3) is 0.383. The molecule has 0 saturated carbocycles. The number of hydrogen-bond acceptors (Lipinski definition) is 7. The molecule has 7 aromatic rings. The summed E-state index contributed by atoms with van der Waals surface area (Å²) in [6, 6.07) is 14.1. The van der Waals surface area contributed by atoms with E-state index in [1.807, 2.05) is 75.8 Å².